The van der Waals surface area contributed by atoms with Crippen LogP contribution in [0.15, 0.2) is 48.5 Å². The second-order valence-corrected chi connectivity index (χ2v) is 8.48. The maximum absolute atomic E-state index is 8.21. The lowest BCUT2D eigenvalue weighted by Gasteiger charge is -2.28. The number of nitrogens with two attached hydrogens (primary N) is 1. The van der Waals surface area contributed by atoms with E-state index in [1.54, 1.807) is 0 Å². The Kier molecular flexibility index (Phi) is 17.2. The standard InChI is InChI=1S/C14H13ClN2.C10H23N3S.CH5N/c1-17-13-8-7-11(15)9-12(13)14(16)10-5-3-2-4-6-10;1-5-12-7-6-10(8-14-4)13(3)9(2)11;1-2/h2-9,16-17H,1H3;10-12H,5-8H2,1-4H3;2H2,1H3. The maximum atomic E-state index is 8.21. The molecule has 0 aromatic heterocycles. The summed E-state index contributed by atoms with van der Waals surface area (Å²) in [5.41, 5.74) is 7.57. The topological polar surface area (TPSA) is 101 Å². The molecule has 6 N–H and O–H groups in total. The molecule has 1 atom stereocenters. The van der Waals surface area contributed by atoms with Crippen molar-refractivity contribution in [2.45, 2.75) is 26.3 Å². The molecule has 33 heavy (non-hydrogen) atoms. The molecule has 0 spiro atoms. The van der Waals surface area contributed by atoms with Crippen molar-refractivity contribution < 1.29 is 0 Å². The predicted molar refractivity (Wildman–Crippen MR) is 150 cm³/mol. The number of anilines is 1. The minimum Gasteiger partial charge on any atom is -0.388 e. The van der Waals surface area contributed by atoms with Crippen LogP contribution in [-0.4, -0.2) is 68.7 Å². The molecule has 2 aromatic carbocycles. The van der Waals surface area contributed by atoms with Gasteiger partial charge in [-0.3, -0.25) is 10.8 Å². The van der Waals surface area contributed by atoms with E-state index in [-0.39, 0.29) is 0 Å². The van der Waals surface area contributed by atoms with Crippen molar-refractivity contribution in [3.63, 3.8) is 0 Å². The molecule has 0 saturated heterocycles. The van der Waals surface area contributed by atoms with Crippen LogP contribution in [-0.2, 0) is 0 Å². The van der Waals surface area contributed by atoms with Gasteiger partial charge in [0.2, 0.25) is 0 Å². The van der Waals surface area contributed by atoms with Gasteiger partial charge >= 0.3 is 0 Å². The molecule has 0 aliphatic carbocycles. The summed E-state index contributed by atoms with van der Waals surface area (Å²) < 4.78 is 0. The average Bonchev–Trinajstić information content (AvgIpc) is 2.84. The van der Waals surface area contributed by atoms with E-state index in [1.165, 1.54) is 7.05 Å². The number of benzene rings is 2. The third-order valence-electron chi connectivity index (χ3n) is 4.92. The highest BCUT2D eigenvalue weighted by Crippen LogP contribution is 2.23. The molecule has 0 fully saturated rings. The zero-order chi connectivity index (χ0) is 25.2. The molecule has 0 heterocycles. The Morgan fingerprint density at radius 2 is 1.79 bits per heavy atom. The molecular weight excluding hydrogens is 452 g/mol. The van der Waals surface area contributed by atoms with Gasteiger partial charge in [0.25, 0.3) is 0 Å². The number of hydrogen-bond acceptors (Lipinski definition) is 6. The number of thioether (sulfide) groups is 1. The minimum absolute atomic E-state index is 0.470. The van der Waals surface area contributed by atoms with Gasteiger partial charge in [-0.25, -0.2) is 0 Å². The zero-order valence-corrected chi connectivity index (χ0v) is 22.4. The predicted octanol–water partition coefficient (Wildman–Crippen LogP) is 5.02. The highest BCUT2D eigenvalue weighted by molar-refractivity contribution is 7.98. The van der Waals surface area contributed by atoms with Crippen LogP contribution in [0, 0.1) is 10.8 Å². The van der Waals surface area contributed by atoms with Crippen LogP contribution in [0.1, 0.15) is 31.4 Å². The second-order valence-electron chi connectivity index (χ2n) is 7.13. The first-order valence-corrected chi connectivity index (χ1v) is 12.8. The lowest BCUT2D eigenvalue weighted by molar-refractivity contribution is 0.366. The van der Waals surface area contributed by atoms with E-state index in [1.807, 2.05) is 81.3 Å². The fourth-order valence-electron chi connectivity index (χ4n) is 3.00. The molecule has 184 valence electrons. The summed E-state index contributed by atoms with van der Waals surface area (Å²) in [6.45, 7) is 6.04. The summed E-state index contributed by atoms with van der Waals surface area (Å²) in [6.07, 6.45) is 3.23. The summed E-state index contributed by atoms with van der Waals surface area (Å²) in [4.78, 5) is 2.06. The van der Waals surface area contributed by atoms with Crippen LogP contribution in [0.4, 0.5) is 5.69 Å². The third-order valence-corrected chi connectivity index (χ3v) is 5.88. The van der Waals surface area contributed by atoms with Gasteiger partial charge in [0.1, 0.15) is 0 Å². The van der Waals surface area contributed by atoms with Gasteiger partial charge in [-0.2, -0.15) is 11.8 Å². The van der Waals surface area contributed by atoms with Gasteiger partial charge in [-0.15, -0.1) is 0 Å². The van der Waals surface area contributed by atoms with Gasteiger partial charge in [0.05, 0.1) is 11.5 Å². The molecular formula is C25H41ClN6S. The first-order chi connectivity index (χ1) is 15.8. The normalized spacial score (nSPS) is 10.7. The van der Waals surface area contributed by atoms with E-state index in [0.29, 0.717) is 22.6 Å². The molecule has 0 aliphatic rings. The Labute approximate surface area is 209 Å². The fourth-order valence-corrected chi connectivity index (χ4v) is 3.95. The maximum Gasteiger partial charge on any atom is 0.0926 e. The van der Waals surface area contributed by atoms with Crippen LogP contribution < -0.4 is 16.4 Å². The van der Waals surface area contributed by atoms with Crippen LogP contribution in [0.3, 0.4) is 0 Å². The van der Waals surface area contributed by atoms with E-state index in [0.717, 1.165) is 42.1 Å². The molecule has 0 amide bonds. The van der Waals surface area contributed by atoms with Gasteiger partial charge in [-0.05, 0) is 57.9 Å². The molecule has 0 radical (unpaired) electrons. The van der Waals surface area contributed by atoms with E-state index >= 15 is 0 Å². The van der Waals surface area contributed by atoms with Crippen molar-refractivity contribution in [3.05, 3.63) is 64.7 Å². The molecule has 2 aromatic rings. The van der Waals surface area contributed by atoms with Crippen LogP contribution in [0.5, 0.6) is 0 Å². The van der Waals surface area contributed by atoms with E-state index in [9.17, 15) is 0 Å². The zero-order valence-electron chi connectivity index (χ0n) is 20.8. The van der Waals surface area contributed by atoms with Crippen molar-refractivity contribution in [2.75, 3.05) is 51.6 Å². The summed E-state index contributed by atoms with van der Waals surface area (Å²) in [7, 11) is 5.35. The molecule has 0 saturated carbocycles. The number of halogens is 1. The summed E-state index contributed by atoms with van der Waals surface area (Å²) in [5.74, 6) is 1.75. The number of rotatable bonds is 10. The lowest BCUT2D eigenvalue weighted by Crippen LogP contribution is -2.39. The number of hydrogen-bond donors (Lipinski definition) is 5. The molecule has 0 bridgehead atoms. The highest BCUT2D eigenvalue weighted by Gasteiger charge is 2.13. The summed E-state index contributed by atoms with van der Waals surface area (Å²) in [5, 5.41) is 22.8. The smallest absolute Gasteiger partial charge is 0.0926 e. The largest absolute Gasteiger partial charge is 0.388 e. The second kappa shape index (κ2) is 18.4. The van der Waals surface area contributed by atoms with Crippen molar-refractivity contribution in [2.24, 2.45) is 5.73 Å². The van der Waals surface area contributed by atoms with E-state index < -0.39 is 0 Å². The summed E-state index contributed by atoms with van der Waals surface area (Å²) in [6, 6.07) is 15.6. The number of nitrogens with zero attached hydrogens (tertiary/aromatic N) is 1. The Bertz CT molecular complexity index is 816. The first-order valence-electron chi connectivity index (χ1n) is 11.0. The Morgan fingerprint density at radius 3 is 2.30 bits per heavy atom. The van der Waals surface area contributed by atoms with E-state index in [2.05, 4.69) is 34.4 Å². The molecule has 8 heteroatoms. The monoisotopic (exact) mass is 492 g/mol. The van der Waals surface area contributed by atoms with Gasteiger partial charge in [0.15, 0.2) is 0 Å². The van der Waals surface area contributed by atoms with Crippen LogP contribution >= 0.6 is 23.4 Å². The van der Waals surface area contributed by atoms with E-state index in [4.69, 9.17) is 22.4 Å². The van der Waals surface area contributed by atoms with Crippen molar-refractivity contribution in [1.29, 1.82) is 10.8 Å². The molecule has 0 aliphatic heterocycles. The fraction of sp³-hybridized carbons (Fsp3) is 0.440. The third kappa shape index (κ3) is 11.6. The lowest BCUT2D eigenvalue weighted by atomic mass is 10.0. The Morgan fingerprint density at radius 1 is 1.15 bits per heavy atom. The Hall–Kier alpha value is -2.06. The minimum atomic E-state index is 0.470. The van der Waals surface area contributed by atoms with Crippen molar-refractivity contribution in [1.82, 2.24) is 10.2 Å². The average molecular weight is 493 g/mol. The molecule has 6 nitrogen and oxygen atoms in total. The van der Waals surface area contributed by atoms with Gasteiger partial charge in [0, 0.05) is 47.7 Å². The number of amidine groups is 1. The van der Waals surface area contributed by atoms with Crippen molar-refractivity contribution >= 4 is 40.6 Å². The molecule has 1 unspecified atom stereocenters. The van der Waals surface area contributed by atoms with Crippen molar-refractivity contribution in [3.8, 4) is 0 Å². The SMILES string of the molecule is CCNCCC(CSC)N(C)C(C)=N.CN.CNc1ccc(Cl)cc1C(=N)c1ccccc1. The summed E-state index contributed by atoms with van der Waals surface area (Å²) >= 11 is 7.83. The Balaban J connectivity index is 0.000000589. The van der Waals surface area contributed by atoms with Gasteiger partial charge < -0.3 is 21.3 Å². The highest BCUT2D eigenvalue weighted by atomic mass is 35.5. The van der Waals surface area contributed by atoms with Crippen LogP contribution in [0.25, 0.3) is 0 Å². The van der Waals surface area contributed by atoms with Gasteiger partial charge in [-0.1, -0.05) is 48.9 Å². The molecule has 2 rings (SSSR count). The quantitative estimate of drug-likeness (QED) is 0.182. The van der Waals surface area contributed by atoms with Crippen LogP contribution in [0.2, 0.25) is 5.02 Å². The first kappa shape index (κ1) is 30.9. The number of nitrogens with one attached hydrogen (secondary N) is 4.